The van der Waals surface area contributed by atoms with Crippen molar-refractivity contribution in [1.29, 1.82) is 5.41 Å². The standard InChI is InChI=1S/C97H156N26O24/c1-17-52(14)78(122-87(137)65(38-48(6)7)113-82(132)61(26-20-21-33-98)109-74(129)45-107-91(141)75(49(8)9)119-89(139)68(42-72(100)127)115-85(135)64(37-47(4)5)114-84(134)63(36-46(2)3)112-81(131)60-27-22-34-104-60)94(144)108-53(15)80(130)111-67(41-71(99)126)86(136)116-69(43-73(101)128)90(140)123-79(54(16)124)95(145)110-62(28-23-35-105-97(102)103)83(133)120-76(50(10)11)92(142)117-66(40-56-44-106-59-25-19-18-24-58(56)59)88(138)121-77(51(12)13)93(143)118-70(96(146)147)39-55-29-31-57(125)32-30-55/h18-19,24-25,29-32,44,46-54,60-70,75-79,104,106,124-125H,17,20-23,26-28,33-43,45,98H2,1-16H3,(H2,99,126)(H2,100,127)(H2,101,128)(H,107,141)(H,108,144)(H,109,129)(H,110,145)(H,111,130)(H,112,131)(H,113,132)(H,114,134)(H,115,135)(H,116,136)(H,117,142)(H,118,143)(H,119,139)(H,120,133)(H,121,138)(H,122,137)(H,123,140)(H,146,147)(H4,102,103,105)/t52-,53-,54+,60-,61-,62-,63-,64-,65-,66-,67-,68-,69-,70-,75-,76-,77-,78-,79-/m0/s1. The van der Waals surface area contributed by atoms with Gasteiger partial charge in [-0.05, 0) is 162 Å². The highest BCUT2D eigenvalue weighted by atomic mass is 16.4. The third-order valence-corrected chi connectivity index (χ3v) is 24.2. The SMILES string of the molecule is CC[C@H](C)[C@H](NC(=O)[C@H](CC(C)C)NC(=O)[C@H](CCCCN)NC(=O)CNC(=O)[C@@H](NC(=O)[C@H](CC(N)=O)NC(=O)[C@H](CC(C)C)NC(=O)[C@H](CC(C)C)NC(=O)[C@@H]1CCCN1)C(C)C)C(=O)N[C@@H](C)C(=O)N[C@@H](CC(N)=O)C(=O)N[C@@H](CC(N)=O)C(=O)N[C@H](C(=O)N[C@@H](CCCNC(=N)N)C(=O)N[C@H](C(=O)N[C@@H](Cc1c[nH]c2ccccc12)C(=O)N[C@H](C(=O)N[C@@H](Cc1ccc(O)cc1)C(=O)O)C(C)C)C(C)C)[C@@H](C)O. The Hall–Kier alpha value is -14.2. The average molecular weight is 2070 g/mol. The highest BCUT2D eigenvalue weighted by Crippen LogP contribution is 2.23. The van der Waals surface area contributed by atoms with E-state index in [4.69, 9.17) is 34.1 Å². The van der Waals surface area contributed by atoms with Gasteiger partial charge in [0.2, 0.25) is 118 Å². The Bertz CT molecular complexity index is 5020. The number of amides is 20. The average Bonchev–Trinajstić information content (AvgIpc) is 1.68. The Morgan fingerprint density at radius 2 is 0.810 bits per heavy atom. The number of aliphatic carboxylic acids is 1. The van der Waals surface area contributed by atoms with Crippen molar-refractivity contribution in [2.75, 3.05) is 26.2 Å². The van der Waals surface area contributed by atoms with Gasteiger partial charge in [-0.2, -0.15) is 0 Å². The predicted octanol–water partition coefficient (Wildman–Crippen LogP) is -5.06. The lowest BCUT2D eigenvalue weighted by atomic mass is 9.96. The van der Waals surface area contributed by atoms with Gasteiger partial charge in [0.05, 0.1) is 38.0 Å². The van der Waals surface area contributed by atoms with E-state index in [2.05, 4.69) is 106 Å². The maximum absolute atomic E-state index is 14.8. The number of phenolic OH excluding ortho intramolecular Hbond substituents is 1. The van der Waals surface area contributed by atoms with Gasteiger partial charge in [-0.25, -0.2) is 4.79 Å². The lowest BCUT2D eigenvalue weighted by molar-refractivity contribution is -0.142. The number of hydrogen-bond donors (Lipinski definition) is 29. The molecule has 19 atom stereocenters. The van der Waals surface area contributed by atoms with E-state index in [9.17, 15) is 116 Å². The van der Waals surface area contributed by atoms with E-state index >= 15 is 0 Å². The third kappa shape index (κ3) is 43.6. The number of para-hydroxylation sites is 1. The Balaban J connectivity index is 1.52. The number of guanidine groups is 1. The number of benzene rings is 2. The smallest absolute Gasteiger partial charge is 0.326 e. The van der Waals surface area contributed by atoms with Crippen molar-refractivity contribution in [3.05, 3.63) is 65.9 Å². The van der Waals surface area contributed by atoms with Crippen LogP contribution in [0.1, 0.15) is 212 Å². The van der Waals surface area contributed by atoms with E-state index in [0.29, 0.717) is 41.4 Å². The number of primary amides is 3. The van der Waals surface area contributed by atoms with Crippen molar-refractivity contribution in [2.24, 2.45) is 70.1 Å². The van der Waals surface area contributed by atoms with Gasteiger partial charge in [-0.3, -0.25) is 101 Å². The number of hydrogen-bond acceptors (Lipinski definition) is 26. The molecule has 50 heteroatoms. The van der Waals surface area contributed by atoms with Crippen molar-refractivity contribution in [2.45, 2.75) is 322 Å². The molecule has 1 fully saturated rings. The number of fused-ring (bicyclic) bond motifs is 1. The number of carbonyl (C=O) groups excluding carboxylic acids is 20. The molecular formula is C97H156N26O24. The molecule has 0 radical (unpaired) electrons. The molecule has 0 spiro atoms. The number of aromatic nitrogens is 1. The number of aliphatic hydroxyl groups is 1. The van der Waals surface area contributed by atoms with Gasteiger partial charge < -0.3 is 150 Å². The summed E-state index contributed by atoms with van der Waals surface area (Å²) in [4.78, 5) is 296. The van der Waals surface area contributed by atoms with Gasteiger partial charge in [0.15, 0.2) is 5.96 Å². The minimum absolute atomic E-state index is 0.0452. The van der Waals surface area contributed by atoms with Crippen molar-refractivity contribution in [3.8, 4) is 5.75 Å². The van der Waals surface area contributed by atoms with Crippen LogP contribution in [0.25, 0.3) is 10.9 Å². The molecule has 1 saturated heterocycles. The monoisotopic (exact) mass is 2070 g/mol. The minimum Gasteiger partial charge on any atom is -0.508 e. The number of rotatable bonds is 65. The lowest BCUT2D eigenvalue weighted by Crippen LogP contribution is -2.63. The number of nitrogens with two attached hydrogens (primary N) is 5. The summed E-state index contributed by atoms with van der Waals surface area (Å²) in [5, 5.41) is 88.0. The lowest BCUT2D eigenvalue weighted by Gasteiger charge is -2.30. The van der Waals surface area contributed by atoms with Crippen molar-refractivity contribution in [1.82, 2.24) is 106 Å². The largest absolute Gasteiger partial charge is 0.508 e. The number of aromatic hydroxyl groups is 1. The van der Waals surface area contributed by atoms with Crippen LogP contribution in [-0.2, 0) is 114 Å². The second-order valence-electron chi connectivity index (χ2n) is 39.5. The molecule has 1 aliphatic rings. The Morgan fingerprint density at radius 1 is 0.415 bits per heavy atom. The zero-order chi connectivity index (χ0) is 111. The van der Waals surface area contributed by atoms with Crippen LogP contribution in [0.15, 0.2) is 54.7 Å². The number of nitrogens with one attached hydrogen (secondary N) is 21. The van der Waals surface area contributed by atoms with Gasteiger partial charge in [-0.15, -0.1) is 0 Å². The van der Waals surface area contributed by atoms with Crippen LogP contribution < -0.4 is 130 Å². The summed E-state index contributed by atoms with van der Waals surface area (Å²) in [7, 11) is 0. The number of aromatic amines is 1. The predicted molar refractivity (Wildman–Crippen MR) is 540 cm³/mol. The van der Waals surface area contributed by atoms with Crippen molar-refractivity contribution < 1.29 is 116 Å². The third-order valence-electron chi connectivity index (χ3n) is 24.2. The fraction of sp³-hybridized carbons (Fsp3) is 0.629. The van der Waals surface area contributed by atoms with Gasteiger partial charge in [-0.1, -0.05) is 134 Å². The topological polar surface area (TPSA) is 817 Å². The summed E-state index contributed by atoms with van der Waals surface area (Å²) < 4.78 is 0. The first-order chi connectivity index (χ1) is 68.9. The molecule has 147 heavy (non-hydrogen) atoms. The number of unbranched alkanes of at least 4 members (excludes halogenated alkanes) is 1. The first-order valence-electron chi connectivity index (χ1n) is 49.7. The highest BCUT2D eigenvalue weighted by molar-refractivity contribution is 6.03. The second-order valence-corrected chi connectivity index (χ2v) is 39.5. The number of carbonyl (C=O) groups is 21. The van der Waals surface area contributed by atoms with Crippen LogP contribution in [0.4, 0.5) is 0 Å². The molecule has 0 aliphatic carbocycles. The summed E-state index contributed by atoms with van der Waals surface area (Å²) >= 11 is 0. The molecule has 50 nitrogen and oxygen atoms in total. The summed E-state index contributed by atoms with van der Waals surface area (Å²) in [5.41, 5.74) is 29.7. The molecule has 20 amide bonds. The molecule has 4 rings (SSSR count). The van der Waals surface area contributed by atoms with E-state index in [1.165, 1.54) is 38.1 Å². The molecule has 3 aromatic rings. The first kappa shape index (κ1) is 125. The zero-order valence-electron chi connectivity index (χ0n) is 86.6. The fourth-order valence-corrected chi connectivity index (χ4v) is 15.9. The Kier molecular flexibility index (Phi) is 52.7. The van der Waals surface area contributed by atoms with Crippen LogP contribution >= 0.6 is 0 Å². The molecule has 1 aliphatic heterocycles. The number of H-pyrrole nitrogens is 1. The van der Waals surface area contributed by atoms with Crippen LogP contribution in [0, 0.1) is 46.8 Å². The molecule has 2 aromatic carbocycles. The minimum atomic E-state index is -2.10. The highest BCUT2D eigenvalue weighted by Gasteiger charge is 2.43. The van der Waals surface area contributed by atoms with E-state index in [1.54, 1.807) is 99.7 Å². The Morgan fingerprint density at radius 3 is 1.27 bits per heavy atom. The van der Waals surface area contributed by atoms with Crippen LogP contribution in [0.3, 0.4) is 0 Å². The van der Waals surface area contributed by atoms with Crippen LogP contribution in [0.2, 0.25) is 0 Å². The quantitative estimate of drug-likeness (QED) is 0.0143. The van der Waals surface area contributed by atoms with Crippen LogP contribution in [-0.4, -0.2) is 285 Å². The molecule has 0 bridgehead atoms. The molecule has 0 unspecified atom stereocenters. The molecule has 2 heterocycles. The number of phenols is 1. The van der Waals surface area contributed by atoms with E-state index in [-0.39, 0.29) is 107 Å². The number of carboxylic acid groups (broad SMARTS) is 1. The molecule has 818 valence electrons. The van der Waals surface area contributed by atoms with Crippen LogP contribution in [0.5, 0.6) is 5.75 Å². The van der Waals surface area contributed by atoms with Crippen molar-refractivity contribution in [3.63, 3.8) is 0 Å². The Labute approximate surface area is 854 Å². The van der Waals surface area contributed by atoms with Gasteiger partial charge in [0.25, 0.3) is 0 Å². The van der Waals surface area contributed by atoms with E-state index in [1.807, 2.05) is 13.8 Å². The fourth-order valence-electron chi connectivity index (χ4n) is 15.9. The van der Waals surface area contributed by atoms with Gasteiger partial charge in [0, 0.05) is 36.5 Å². The molecule has 34 N–H and O–H groups in total. The summed E-state index contributed by atoms with van der Waals surface area (Å²) in [6.45, 7) is 25.4. The molecular weight excluding hydrogens is 1910 g/mol. The maximum Gasteiger partial charge on any atom is 0.326 e. The second kappa shape index (κ2) is 61.9. The maximum atomic E-state index is 14.8. The normalized spacial score (nSPS) is 16.1. The summed E-state index contributed by atoms with van der Waals surface area (Å²) in [6.07, 6.45) is -1.61. The number of carboxylic acids is 1. The van der Waals surface area contributed by atoms with Crippen molar-refractivity contribution >= 4 is 141 Å². The zero-order valence-corrected chi connectivity index (χ0v) is 86.6. The van der Waals surface area contributed by atoms with E-state index in [0.717, 1.165) is 20.3 Å². The summed E-state index contributed by atoms with van der Waals surface area (Å²) in [6, 6.07) is -13.1. The molecule has 0 saturated carbocycles. The van der Waals surface area contributed by atoms with Gasteiger partial charge in [0.1, 0.15) is 102 Å². The molecule has 1 aromatic heterocycles. The number of aliphatic hydroxyl groups excluding tert-OH is 1. The first-order valence-corrected chi connectivity index (χ1v) is 49.7. The summed E-state index contributed by atoms with van der Waals surface area (Å²) in [5.74, 6) is -25.7. The van der Waals surface area contributed by atoms with E-state index < -0.39 is 282 Å². The van der Waals surface area contributed by atoms with Gasteiger partial charge >= 0.3 is 5.97 Å².